The standard InChI is InChI=1S/C11H9N5O/c1-2-7-3-9(17)16(6-7)10-8(4-12)5-14-11(13)15-10/h1,5,7H,3,6H2,(H2,13,14,15). The quantitative estimate of drug-likeness (QED) is 0.677. The first kappa shape index (κ1) is 10.9. The molecule has 0 bridgehead atoms. The van der Waals surface area contributed by atoms with E-state index in [1.807, 2.05) is 6.07 Å². The van der Waals surface area contributed by atoms with Gasteiger partial charge in [-0.2, -0.15) is 10.2 Å². The van der Waals surface area contributed by atoms with Crippen LogP contribution in [0.3, 0.4) is 0 Å². The zero-order valence-corrected chi connectivity index (χ0v) is 8.92. The molecule has 1 aliphatic rings. The van der Waals surface area contributed by atoms with Crippen LogP contribution in [0.4, 0.5) is 11.8 Å². The number of amides is 1. The molecule has 6 nitrogen and oxygen atoms in total. The molecule has 1 unspecified atom stereocenters. The summed E-state index contributed by atoms with van der Waals surface area (Å²) in [5, 5.41) is 8.93. The number of rotatable bonds is 1. The third-order valence-corrected chi connectivity index (χ3v) is 2.52. The van der Waals surface area contributed by atoms with Crippen molar-refractivity contribution < 1.29 is 4.79 Å². The van der Waals surface area contributed by atoms with Crippen molar-refractivity contribution >= 4 is 17.7 Å². The van der Waals surface area contributed by atoms with E-state index in [1.165, 1.54) is 11.1 Å². The molecule has 0 aromatic carbocycles. The second kappa shape index (κ2) is 4.11. The number of nitrogen functional groups attached to an aromatic ring is 1. The summed E-state index contributed by atoms with van der Waals surface area (Å²) in [6, 6.07) is 1.93. The minimum atomic E-state index is -0.150. The number of nitrogens with zero attached hydrogens (tertiary/aromatic N) is 4. The van der Waals surface area contributed by atoms with Crippen LogP contribution in [0.5, 0.6) is 0 Å². The third-order valence-electron chi connectivity index (χ3n) is 2.52. The van der Waals surface area contributed by atoms with Gasteiger partial charge < -0.3 is 5.73 Å². The Balaban J connectivity index is 2.42. The van der Waals surface area contributed by atoms with E-state index in [1.54, 1.807) is 0 Å². The maximum absolute atomic E-state index is 11.7. The summed E-state index contributed by atoms with van der Waals surface area (Å²) < 4.78 is 0. The van der Waals surface area contributed by atoms with Crippen LogP contribution in [-0.2, 0) is 4.79 Å². The van der Waals surface area contributed by atoms with Crippen LogP contribution in [0.1, 0.15) is 12.0 Å². The molecular formula is C11H9N5O. The first-order valence-electron chi connectivity index (χ1n) is 4.94. The topological polar surface area (TPSA) is 95.9 Å². The molecule has 17 heavy (non-hydrogen) atoms. The molecule has 1 aliphatic heterocycles. The van der Waals surface area contributed by atoms with Gasteiger partial charge in [0.1, 0.15) is 11.6 Å². The molecular weight excluding hydrogens is 218 g/mol. The van der Waals surface area contributed by atoms with Gasteiger partial charge in [0.15, 0.2) is 5.82 Å². The van der Waals surface area contributed by atoms with Crippen molar-refractivity contribution in [3.05, 3.63) is 11.8 Å². The molecule has 1 aromatic rings. The van der Waals surface area contributed by atoms with Gasteiger partial charge in [0.05, 0.1) is 6.20 Å². The molecule has 0 saturated carbocycles. The van der Waals surface area contributed by atoms with E-state index in [0.717, 1.165) is 0 Å². The number of aromatic nitrogens is 2. The fourth-order valence-corrected chi connectivity index (χ4v) is 1.69. The number of carbonyl (C=O) groups excluding carboxylic acids is 1. The fourth-order valence-electron chi connectivity index (χ4n) is 1.69. The Labute approximate surface area is 98.1 Å². The van der Waals surface area contributed by atoms with Gasteiger partial charge in [0.2, 0.25) is 11.9 Å². The zero-order chi connectivity index (χ0) is 12.4. The maximum Gasteiger partial charge on any atom is 0.229 e. The summed E-state index contributed by atoms with van der Waals surface area (Å²) in [7, 11) is 0. The first-order valence-corrected chi connectivity index (χ1v) is 4.94. The van der Waals surface area contributed by atoms with Crippen molar-refractivity contribution in [1.82, 2.24) is 9.97 Å². The van der Waals surface area contributed by atoms with Crippen molar-refractivity contribution in [1.29, 1.82) is 5.26 Å². The van der Waals surface area contributed by atoms with Crippen molar-refractivity contribution in [2.75, 3.05) is 17.2 Å². The van der Waals surface area contributed by atoms with Crippen LogP contribution < -0.4 is 10.6 Å². The lowest BCUT2D eigenvalue weighted by molar-refractivity contribution is -0.117. The number of nitriles is 1. The van der Waals surface area contributed by atoms with Crippen LogP contribution in [0.25, 0.3) is 0 Å². The van der Waals surface area contributed by atoms with Crippen molar-refractivity contribution in [3.63, 3.8) is 0 Å². The average molecular weight is 227 g/mol. The van der Waals surface area contributed by atoms with Gasteiger partial charge >= 0.3 is 0 Å². The van der Waals surface area contributed by atoms with E-state index in [4.69, 9.17) is 17.4 Å². The largest absolute Gasteiger partial charge is 0.368 e. The van der Waals surface area contributed by atoms with Crippen LogP contribution >= 0.6 is 0 Å². The Bertz CT molecular complexity index is 554. The van der Waals surface area contributed by atoms with Crippen LogP contribution in [0, 0.1) is 29.6 Å². The lowest BCUT2D eigenvalue weighted by Gasteiger charge is -2.15. The van der Waals surface area contributed by atoms with Crippen molar-refractivity contribution in [3.8, 4) is 18.4 Å². The molecule has 1 saturated heterocycles. The monoisotopic (exact) mass is 227 g/mol. The minimum absolute atomic E-state index is 0.0240. The van der Waals surface area contributed by atoms with E-state index in [9.17, 15) is 4.79 Å². The summed E-state index contributed by atoms with van der Waals surface area (Å²) in [4.78, 5) is 20.8. The highest BCUT2D eigenvalue weighted by Crippen LogP contribution is 2.25. The predicted molar refractivity (Wildman–Crippen MR) is 60.5 cm³/mol. The highest BCUT2D eigenvalue weighted by Gasteiger charge is 2.31. The Morgan fingerprint density at radius 3 is 3.00 bits per heavy atom. The molecule has 2 rings (SSSR count). The third kappa shape index (κ3) is 1.88. The first-order chi connectivity index (χ1) is 8.15. The number of anilines is 2. The second-order valence-corrected chi connectivity index (χ2v) is 3.65. The molecule has 1 atom stereocenters. The van der Waals surface area contributed by atoms with Crippen molar-refractivity contribution in [2.24, 2.45) is 5.92 Å². The number of hydrogen-bond donors (Lipinski definition) is 1. The molecule has 1 amide bonds. The predicted octanol–water partition coefficient (Wildman–Crippen LogP) is -0.0834. The smallest absolute Gasteiger partial charge is 0.229 e. The van der Waals surface area contributed by atoms with Gasteiger partial charge in [0, 0.05) is 18.9 Å². The number of carbonyl (C=O) groups is 1. The SMILES string of the molecule is C#CC1CC(=O)N(c2nc(N)ncc2C#N)C1. The lowest BCUT2D eigenvalue weighted by atomic mass is 10.1. The summed E-state index contributed by atoms with van der Waals surface area (Å²) in [5.41, 5.74) is 5.67. The average Bonchev–Trinajstić information content (AvgIpc) is 2.70. The van der Waals surface area contributed by atoms with Crippen LogP contribution in [-0.4, -0.2) is 22.4 Å². The van der Waals surface area contributed by atoms with E-state index in [2.05, 4.69) is 15.9 Å². The van der Waals surface area contributed by atoms with E-state index >= 15 is 0 Å². The molecule has 6 heteroatoms. The summed E-state index contributed by atoms with van der Waals surface area (Å²) in [6.07, 6.45) is 6.85. The molecule has 2 N–H and O–H groups in total. The number of terminal acetylenes is 1. The van der Waals surface area contributed by atoms with Gasteiger partial charge in [-0.1, -0.05) is 0 Å². The highest BCUT2D eigenvalue weighted by molar-refractivity contribution is 5.96. The van der Waals surface area contributed by atoms with Gasteiger partial charge in [0.25, 0.3) is 0 Å². The van der Waals surface area contributed by atoms with Gasteiger partial charge in [-0.3, -0.25) is 9.69 Å². The summed E-state index contributed by atoms with van der Waals surface area (Å²) in [5.74, 6) is 2.49. The van der Waals surface area contributed by atoms with E-state index in [0.29, 0.717) is 6.54 Å². The Hall–Kier alpha value is -2.60. The molecule has 0 radical (unpaired) electrons. The lowest BCUT2D eigenvalue weighted by Crippen LogP contribution is -2.27. The fraction of sp³-hybridized carbons (Fsp3) is 0.273. The van der Waals surface area contributed by atoms with Gasteiger partial charge in [-0.15, -0.1) is 12.3 Å². The van der Waals surface area contributed by atoms with Crippen LogP contribution in [0.15, 0.2) is 6.20 Å². The number of nitrogens with two attached hydrogens (primary N) is 1. The normalized spacial score (nSPS) is 18.8. The molecule has 0 spiro atoms. The van der Waals surface area contributed by atoms with E-state index < -0.39 is 0 Å². The van der Waals surface area contributed by atoms with Gasteiger partial charge in [-0.25, -0.2) is 4.98 Å². The Morgan fingerprint density at radius 2 is 2.41 bits per heavy atom. The molecule has 1 fully saturated rings. The van der Waals surface area contributed by atoms with Crippen LogP contribution in [0.2, 0.25) is 0 Å². The minimum Gasteiger partial charge on any atom is -0.368 e. The van der Waals surface area contributed by atoms with Crippen molar-refractivity contribution in [2.45, 2.75) is 6.42 Å². The molecule has 0 aliphatic carbocycles. The molecule has 1 aromatic heterocycles. The Morgan fingerprint density at radius 1 is 1.65 bits per heavy atom. The Kier molecular flexibility index (Phi) is 2.63. The zero-order valence-electron chi connectivity index (χ0n) is 8.92. The summed E-state index contributed by atoms with van der Waals surface area (Å²) in [6.45, 7) is 0.362. The molecule has 2 heterocycles. The summed E-state index contributed by atoms with van der Waals surface area (Å²) >= 11 is 0. The maximum atomic E-state index is 11.7. The second-order valence-electron chi connectivity index (χ2n) is 3.65. The van der Waals surface area contributed by atoms with Gasteiger partial charge in [-0.05, 0) is 0 Å². The van der Waals surface area contributed by atoms with E-state index in [-0.39, 0.29) is 35.6 Å². The highest BCUT2D eigenvalue weighted by atomic mass is 16.2. The molecule has 84 valence electrons. The number of hydrogen-bond acceptors (Lipinski definition) is 5.